The Kier molecular flexibility index (Phi) is 8.03. The summed E-state index contributed by atoms with van der Waals surface area (Å²) in [5, 5.41) is 3.06. The number of nitrogens with one attached hydrogen (secondary N) is 3. The van der Waals surface area contributed by atoms with Gasteiger partial charge in [0.1, 0.15) is 0 Å². The molecule has 3 N–H and O–H groups in total. The van der Waals surface area contributed by atoms with E-state index < -0.39 is 10.0 Å². The van der Waals surface area contributed by atoms with Gasteiger partial charge in [-0.05, 0) is 53.7 Å². The molecule has 0 spiro atoms. The average Bonchev–Trinajstić information content (AvgIpc) is 3.10. The summed E-state index contributed by atoms with van der Waals surface area (Å²) in [6, 6.07) is 18.4. The van der Waals surface area contributed by atoms with Gasteiger partial charge in [-0.3, -0.25) is 4.79 Å². The van der Waals surface area contributed by atoms with E-state index in [4.69, 9.17) is 0 Å². The lowest BCUT2D eigenvalue weighted by atomic mass is 9.87. The quantitative estimate of drug-likeness (QED) is 0.532. The van der Waals surface area contributed by atoms with Crippen LogP contribution < -0.4 is 16.2 Å². The predicted octanol–water partition coefficient (Wildman–Crippen LogP) is 3.74. The Bertz CT molecular complexity index is 1420. The van der Waals surface area contributed by atoms with Crippen molar-refractivity contribution in [2.24, 2.45) is 5.92 Å². The van der Waals surface area contributed by atoms with Crippen LogP contribution in [-0.2, 0) is 21.4 Å². The van der Waals surface area contributed by atoms with Gasteiger partial charge >= 0.3 is 0 Å². The second kappa shape index (κ2) is 11.8. The maximum absolute atomic E-state index is 13.4. The third kappa shape index (κ3) is 5.88. The van der Waals surface area contributed by atoms with Gasteiger partial charge in [0.05, 0.1) is 16.2 Å². The highest BCUT2D eigenvalue weighted by atomic mass is 32.2. The van der Waals surface area contributed by atoms with Crippen LogP contribution in [-0.4, -0.2) is 38.3 Å². The molecule has 1 amide bonds. The molecule has 7 nitrogen and oxygen atoms in total. The number of piperidine rings is 1. The number of carbonyl (C=O) groups excluding carboxylic acids is 1. The van der Waals surface area contributed by atoms with Gasteiger partial charge in [0.15, 0.2) is 0 Å². The molecule has 1 fully saturated rings. The number of amides is 1. The van der Waals surface area contributed by atoms with Crippen molar-refractivity contribution in [1.82, 2.24) is 20.5 Å². The topological polar surface area (TPSA) is 90.5 Å². The Hall–Kier alpha value is -3.72. The van der Waals surface area contributed by atoms with Crippen LogP contribution in [0.1, 0.15) is 18.4 Å². The minimum absolute atomic E-state index is 0.161. The maximum atomic E-state index is 13.4. The zero-order chi connectivity index (χ0) is 26.4. The van der Waals surface area contributed by atoms with Gasteiger partial charge in [-0.15, -0.1) is 0 Å². The Labute approximate surface area is 224 Å². The number of carbonyl (C=O) groups is 1. The number of hydrazine groups is 1. The van der Waals surface area contributed by atoms with Crippen LogP contribution in [0, 0.1) is 5.92 Å². The first-order chi connectivity index (χ1) is 18.5. The summed E-state index contributed by atoms with van der Waals surface area (Å²) in [5.74, 6) is 0.0249. The molecule has 2 aromatic carbocycles. The van der Waals surface area contributed by atoms with E-state index in [0.29, 0.717) is 55.2 Å². The molecule has 0 atom stereocenters. The molecular weight excluding hydrogens is 496 g/mol. The van der Waals surface area contributed by atoms with Crippen molar-refractivity contribution in [2.75, 3.05) is 19.6 Å². The second-order valence-electron chi connectivity index (χ2n) is 9.48. The van der Waals surface area contributed by atoms with Crippen LogP contribution in [0.25, 0.3) is 0 Å². The molecule has 1 aliphatic carbocycles. The van der Waals surface area contributed by atoms with Crippen LogP contribution in [0.2, 0.25) is 0 Å². The van der Waals surface area contributed by atoms with Gasteiger partial charge in [-0.2, -0.15) is 4.31 Å². The molecule has 38 heavy (non-hydrogen) atoms. The maximum Gasteiger partial charge on any atom is 0.254 e. The van der Waals surface area contributed by atoms with Crippen molar-refractivity contribution in [1.29, 1.82) is 0 Å². The van der Waals surface area contributed by atoms with E-state index >= 15 is 0 Å². The fourth-order valence-electron chi connectivity index (χ4n) is 4.99. The lowest BCUT2D eigenvalue weighted by molar-refractivity contribution is -0.117. The van der Waals surface area contributed by atoms with Crippen LogP contribution in [0.15, 0.2) is 124 Å². The van der Waals surface area contributed by atoms with E-state index in [0.717, 1.165) is 16.7 Å². The molecule has 2 heterocycles. The van der Waals surface area contributed by atoms with E-state index in [1.165, 1.54) is 0 Å². The summed E-state index contributed by atoms with van der Waals surface area (Å²) in [6.45, 7) is 1.91. The number of benzene rings is 2. The lowest BCUT2D eigenvalue weighted by Crippen LogP contribution is -2.38. The normalized spacial score (nSPS) is 21.6. The molecule has 0 radical (unpaired) electrons. The molecule has 0 aromatic heterocycles. The molecule has 3 aliphatic rings. The van der Waals surface area contributed by atoms with Crippen LogP contribution in [0.3, 0.4) is 0 Å². The summed E-state index contributed by atoms with van der Waals surface area (Å²) < 4.78 is 27.8. The largest absolute Gasteiger partial charge is 0.348 e. The highest BCUT2D eigenvalue weighted by Gasteiger charge is 2.31. The molecule has 5 rings (SSSR count). The van der Waals surface area contributed by atoms with Crippen LogP contribution >= 0.6 is 0 Å². The second-order valence-corrected chi connectivity index (χ2v) is 11.4. The van der Waals surface area contributed by atoms with E-state index in [9.17, 15) is 13.2 Å². The predicted molar refractivity (Wildman–Crippen MR) is 149 cm³/mol. The first-order valence-electron chi connectivity index (χ1n) is 12.9. The highest BCUT2D eigenvalue weighted by molar-refractivity contribution is 7.89. The third-order valence-electron chi connectivity index (χ3n) is 7.02. The Morgan fingerprint density at radius 2 is 1.63 bits per heavy atom. The van der Waals surface area contributed by atoms with Crippen molar-refractivity contribution >= 4 is 15.9 Å². The highest BCUT2D eigenvalue weighted by Crippen LogP contribution is 2.31. The van der Waals surface area contributed by atoms with E-state index in [-0.39, 0.29) is 11.8 Å². The van der Waals surface area contributed by atoms with Gasteiger partial charge < -0.3 is 10.7 Å². The van der Waals surface area contributed by atoms with Crippen molar-refractivity contribution in [3.05, 3.63) is 125 Å². The summed E-state index contributed by atoms with van der Waals surface area (Å²) in [4.78, 5) is 13.8. The molecule has 2 aliphatic heterocycles. The number of sulfonamides is 1. The smallest absolute Gasteiger partial charge is 0.254 e. The first kappa shape index (κ1) is 25.9. The molecule has 8 heteroatoms. The van der Waals surface area contributed by atoms with Crippen molar-refractivity contribution in [2.45, 2.75) is 24.3 Å². The van der Waals surface area contributed by atoms with Crippen LogP contribution in [0.4, 0.5) is 0 Å². The number of nitrogens with zero attached hydrogens (tertiary/aromatic N) is 1. The van der Waals surface area contributed by atoms with Gasteiger partial charge in [0, 0.05) is 26.2 Å². The molecule has 196 valence electrons. The number of hydrogen-bond acceptors (Lipinski definition) is 5. The molecule has 2 aromatic rings. The number of hydrogen-bond donors (Lipinski definition) is 3. The zero-order valence-corrected chi connectivity index (χ0v) is 22.0. The standard InChI is InChI=1S/C30H32N4O3S/c35-30(31-22-23-9-3-1-4-10-23)29-26-11-7-8-14-28(29)33-32-18-15-25(21-26)24-16-19-34(20-17-24)38(36,37)27-12-5-2-6-13-27/h1-15,21,24,32-33H,16-20,22H2,(H,31,35)/b25-15+,26-21+. The van der Waals surface area contributed by atoms with Gasteiger partial charge in [-0.25, -0.2) is 13.8 Å². The average molecular weight is 529 g/mol. The first-order valence-corrected chi connectivity index (χ1v) is 14.3. The zero-order valence-electron chi connectivity index (χ0n) is 21.1. The molecular formula is C30H32N4O3S. The van der Waals surface area contributed by atoms with Gasteiger partial charge in [-0.1, -0.05) is 78.9 Å². The summed E-state index contributed by atoms with van der Waals surface area (Å²) in [6.07, 6.45) is 13.3. The lowest BCUT2D eigenvalue weighted by Gasteiger charge is -2.32. The summed E-state index contributed by atoms with van der Waals surface area (Å²) >= 11 is 0. The van der Waals surface area contributed by atoms with Crippen molar-refractivity contribution in [3.63, 3.8) is 0 Å². The van der Waals surface area contributed by atoms with E-state index in [1.54, 1.807) is 28.6 Å². The number of allylic oxidation sites excluding steroid dienone is 6. The number of rotatable bonds is 6. The molecule has 0 unspecified atom stereocenters. The van der Waals surface area contributed by atoms with Crippen molar-refractivity contribution < 1.29 is 13.2 Å². The molecule has 2 bridgehead atoms. The molecule has 1 saturated heterocycles. The molecule has 0 saturated carbocycles. The fourth-order valence-corrected chi connectivity index (χ4v) is 6.48. The number of fused-ring (bicyclic) bond motifs is 1. The summed E-state index contributed by atoms with van der Waals surface area (Å²) in [7, 11) is -3.51. The van der Waals surface area contributed by atoms with Crippen LogP contribution in [0.5, 0.6) is 0 Å². The minimum Gasteiger partial charge on any atom is -0.348 e. The fraction of sp³-hybridized carbons (Fsp3) is 0.233. The van der Waals surface area contributed by atoms with E-state index in [2.05, 4.69) is 28.3 Å². The minimum atomic E-state index is -3.51. The van der Waals surface area contributed by atoms with Gasteiger partial charge in [0.25, 0.3) is 5.91 Å². The van der Waals surface area contributed by atoms with E-state index in [1.807, 2.05) is 60.7 Å². The Balaban J connectivity index is 1.35. The Morgan fingerprint density at radius 1 is 0.947 bits per heavy atom. The van der Waals surface area contributed by atoms with Gasteiger partial charge in [0.2, 0.25) is 10.0 Å². The Morgan fingerprint density at radius 3 is 2.37 bits per heavy atom. The SMILES string of the molecule is O=C(NCc1ccccc1)C1=C2C=CC=C/C1=C\C(C1CCN(S(=O)(=O)c3ccccc3)CC1)=C/CNN2. The van der Waals surface area contributed by atoms with Crippen molar-refractivity contribution in [3.8, 4) is 0 Å². The third-order valence-corrected chi connectivity index (χ3v) is 8.93. The monoisotopic (exact) mass is 528 g/mol. The summed E-state index contributed by atoms with van der Waals surface area (Å²) in [5.41, 5.74) is 10.6.